The van der Waals surface area contributed by atoms with Crippen molar-refractivity contribution in [3.05, 3.63) is 12.7 Å². The fourth-order valence-electron chi connectivity index (χ4n) is 9.75. The van der Waals surface area contributed by atoms with Crippen LogP contribution in [0.15, 0.2) is 12.7 Å². The van der Waals surface area contributed by atoms with Crippen LogP contribution in [-0.2, 0) is 9.53 Å². The SMILES string of the molecule is C=CC(=O)OC(CC1C2CC3CC(C2)CC1C3)C1C2CC3CC(C2)CC1C3. The minimum atomic E-state index is -0.169. The molecule has 8 rings (SSSR count). The maximum absolute atomic E-state index is 12.3. The molecule has 0 N–H and O–H groups in total. The summed E-state index contributed by atoms with van der Waals surface area (Å²) in [4.78, 5) is 12.3. The van der Waals surface area contributed by atoms with Gasteiger partial charge in [0.2, 0.25) is 0 Å². The van der Waals surface area contributed by atoms with Gasteiger partial charge >= 0.3 is 5.97 Å². The van der Waals surface area contributed by atoms with Crippen LogP contribution in [0.2, 0.25) is 0 Å². The Kier molecular flexibility index (Phi) is 4.03. The van der Waals surface area contributed by atoms with Crippen molar-refractivity contribution in [1.82, 2.24) is 0 Å². The molecule has 0 aliphatic heterocycles. The van der Waals surface area contributed by atoms with Crippen LogP contribution in [0.25, 0.3) is 0 Å². The van der Waals surface area contributed by atoms with Crippen molar-refractivity contribution < 1.29 is 9.53 Å². The van der Waals surface area contributed by atoms with E-state index in [1.165, 1.54) is 76.7 Å². The number of rotatable bonds is 5. The van der Waals surface area contributed by atoms with E-state index in [9.17, 15) is 4.79 Å². The van der Waals surface area contributed by atoms with Crippen LogP contribution in [0.1, 0.15) is 70.6 Å². The van der Waals surface area contributed by atoms with Gasteiger partial charge in [-0.25, -0.2) is 4.79 Å². The normalized spacial score (nSPS) is 52.7. The third kappa shape index (κ3) is 2.84. The summed E-state index contributed by atoms with van der Waals surface area (Å²) in [6.07, 6.45) is 17.3. The molecule has 0 spiro atoms. The van der Waals surface area contributed by atoms with E-state index in [0.717, 1.165) is 53.3 Å². The van der Waals surface area contributed by atoms with Gasteiger partial charge in [-0.1, -0.05) is 6.58 Å². The first kappa shape index (κ1) is 17.1. The minimum absolute atomic E-state index is 0.169. The summed E-state index contributed by atoms with van der Waals surface area (Å²) >= 11 is 0. The summed E-state index contributed by atoms with van der Waals surface area (Å²) in [7, 11) is 0. The molecule has 0 aromatic heterocycles. The average molecular weight is 369 g/mol. The summed E-state index contributed by atoms with van der Waals surface area (Å²) < 4.78 is 6.17. The van der Waals surface area contributed by atoms with Gasteiger partial charge in [-0.2, -0.15) is 0 Å². The maximum Gasteiger partial charge on any atom is 0.330 e. The zero-order chi connectivity index (χ0) is 18.1. The third-order valence-corrected chi connectivity index (χ3v) is 10.1. The molecule has 8 fully saturated rings. The Hall–Kier alpha value is -0.790. The summed E-state index contributed by atoms with van der Waals surface area (Å²) in [5.41, 5.74) is 0. The molecule has 27 heavy (non-hydrogen) atoms. The van der Waals surface area contributed by atoms with Gasteiger partial charge < -0.3 is 4.74 Å². The van der Waals surface area contributed by atoms with E-state index in [-0.39, 0.29) is 12.1 Å². The molecule has 8 aliphatic rings. The number of ether oxygens (including phenoxy) is 1. The fourth-order valence-corrected chi connectivity index (χ4v) is 9.75. The van der Waals surface area contributed by atoms with Crippen molar-refractivity contribution in [2.24, 2.45) is 59.2 Å². The monoisotopic (exact) mass is 368 g/mol. The smallest absolute Gasteiger partial charge is 0.330 e. The molecule has 0 radical (unpaired) electrons. The molecule has 1 atom stereocenters. The van der Waals surface area contributed by atoms with E-state index >= 15 is 0 Å². The Balaban J connectivity index is 1.24. The number of hydrogen-bond acceptors (Lipinski definition) is 2. The zero-order valence-electron chi connectivity index (χ0n) is 16.7. The van der Waals surface area contributed by atoms with Gasteiger partial charge in [0.15, 0.2) is 0 Å². The van der Waals surface area contributed by atoms with Crippen molar-refractivity contribution in [3.63, 3.8) is 0 Å². The van der Waals surface area contributed by atoms with E-state index in [1.807, 2.05) is 0 Å². The molecule has 8 bridgehead atoms. The number of hydrogen-bond donors (Lipinski definition) is 0. The fraction of sp³-hybridized carbons (Fsp3) is 0.880. The molecule has 0 aromatic carbocycles. The summed E-state index contributed by atoms with van der Waals surface area (Å²) in [5, 5.41) is 0. The van der Waals surface area contributed by atoms with Gasteiger partial charge in [-0.05, 0) is 124 Å². The van der Waals surface area contributed by atoms with Crippen LogP contribution in [-0.4, -0.2) is 12.1 Å². The molecule has 8 aliphatic carbocycles. The summed E-state index contributed by atoms with van der Waals surface area (Å²) in [6, 6.07) is 0. The largest absolute Gasteiger partial charge is 0.459 e. The molecule has 0 aromatic rings. The van der Waals surface area contributed by atoms with E-state index in [2.05, 4.69) is 6.58 Å². The van der Waals surface area contributed by atoms with E-state index in [4.69, 9.17) is 4.74 Å². The molecule has 2 heteroatoms. The summed E-state index contributed by atoms with van der Waals surface area (Å²) in [5.74, 6) is 8.88. The van der Waals surface area contributed by atoms with Crippen molar-refractivity contribution in [3.8, 4) is 0 Å². The molecular weight excluding hydrogens is 332 g/mol. The minimum Gasteiger partial charge on any atom is -0.459 e. The van der Waals surface area contributed by atoms with Crippen LogP contribution in [0.5, 0.6) is 0 Å². The van der Waals surface area contributed by atoms with Gasteiger partial charge in [-0.15, -0.1) is 0 Å². The highest BCUT2D eigenvalue weighted by atomic mass is 16.5. The molecule has 8 saturated carbocycles. The average Bonchev–Trinajstić information content (AvgIpc) is 2.62. The van der Waals surface area contributed by atoms with Crippen LogP contribution in [0.4, 0.5) is 0 Å². The lowest BCUT2D eigenvalue weighted by molar-refractivity contribution is -0.163. The van der Waals surface area contributed by atoms with Crippen LogP contribution < -0.4 is 0 Å². The van der Waals surface area contributed by atoms with Crippen LogP contribution in [0.3, 0.4) is 0 Å². The molecule has 0 saturated heterocycles. The lowest BCUT2D eigenvalue weighted by atomic mass is 9.48. The van der Waals surface area contributed by atoms with Crippen molar-refractivity contribution in [2.75, 3.05) is 0 Å². The number of esters is 1. The lowest BCUT2D eigenvalue weighted by Gasteiger charge is -2.58. The maximum atomic E-state index is 12.3. The Morgan fingerprint density at radius 1 is 0.778 bits per heavy atom. The van der Waals surface area contributed by atoms with Crippen molar-refractivity contribution >= 4 is 5.97 Å². The van der Waals surface area contributed by atoms with Gasteiger partial charge in [0.1, 0.15) is 6.10 Å². The molecule has 2 nitrogen and oxygen atoms in total. The molecule has 148 valence electrons. The zero-order valence-corrected chi connectivity index (χ0v) is 16.7. The predicted molar refractivity (Wildman–Crippen MR) is 106 cm³/mol. The number of carbonyl (C=O) groups excluding carboxylic acids is 1. The standard InChI is InChI=1S/C25H36O2/c1-2-24(26)27-23(25-20-9-16-4-17(11-20)12-21(25)10-16)13-22-18-5-14-3-15(7-18)8-19(22)6-14/h2,14-23,25H,1,3-13H2. The highest BCUT2D eigenvalue weighted by Gasteiger charge is 2.54. The van der Waals surface area contributed by atoms with Crippen molar-refractivity contribution in [2.45, 2.75) is 76.7 Å². The van der Waals surface area contributed by atoms with Crippen molar-refractivity contribution in [1.29, 1.82) is 0 Å². The van der Waals surface area contributed by atoms with Gasteiger partial charge in [0.25, 0.3) is 0 Å². The third-order valence-electron chi connectivity index (χ3n) is 10.1. The first-order valence-corrected chi connectivity index (χ1v) is 12.0. The van der Waals surface area contributed by atoms with E-state index in [0.29, 0.717) is 5.92 Å². The first-order chi connectivity index (χ1) is 13.2. The molecule has 0 amide bonds. The summed E-state index contributed by atoms with van der Waals surface area (Å²) in [6.45, 7) is 3.70. The quantitative estimate of drug-likeness (QED) is 0.465. The second kappa shape index (κ2) is 6.36. The lowest BCUT2D eigenvalue weighted by Crippen LogP contribution is -2.52. The topological polar surface area (TPSA) is 26.3 Å². The first-order valence-electron chi connectivity index (χ1n) is 12.0. The highest BCUT2D eigenvalue weighted by molar-refractivity contribution is 5.81. The Bertz CT molecular complexity index is 566. The Labute approximate surface area is 164 Å². The molecular formula is C25H36O2. The predicted octanol–water partition coefficient (Wildman–Crippen LogP) is 5.62. The second-order valence-electron chi connectivity index (χ2n) is 11.5. The highest BCUT2D eigenvalue weighted by Crippen LogP contribution is 2.61. The van der Waals surface area contributed by atoms with E-state index in [1.54, 1.807) is 0 Å². The van der Waals surface area contributed by atoms with Gasteiger partial charge in [0, 0.05) is 12.0 Å². The van der Waals surface area contributed by atoms with E-state index < -0.39 is 0 Å². The van der Waals surface area contributed by atoms with Crippen LogP contribution >= 0.6 is 0 Å². The van der Waals surface area contributed by atoms with Gasteiger partial charge in [0.05, 0.1) is 0 Å². The van der Waals surface area contributed by atoms with Crippen LogP contribution in [0, 0.1) is 59.2 Å². The molecule has 1 unspecified atom stereocenters. The number of carbonyl (C=O) groups is 1. The molecule has 0 heterocycles. The van der Waals surface area contributed by atoms with Gasteiger partial charge in [-0.3, -0.25) is 0 Å². The Morgan fingerprint density at radius 2 is 1.22 bits per heavy atom. The Morgan fingerprint density at radius 3 is 1.67 bits per heavy atom. The second-order valence-corrected chi connectivity index (χ2v) is 11.5.